The number of nitrogens with one attached hydrogen (secondary N) is 3. The Morgan fingerprint density at radius 1 is 1.09 bits per heavy atom. The quantitative estimate of drug-likeness (QED) is 0.515. The van der Waals surface area contributed by atoms with Gasteiger partial charge in [-0.15, -0.1) is 0 Å². The van der Waals surface area contributed by atoms with E-state index in [2.05, 4.69) is 20.9 Å². The number of amides is 1. The molecule has 1 amide bonds. The minimum absolute atomic E-state index is 0.231. The zero-order valence-corrected chi connectivity index (χ0v) is 18.0. The van der Waals surface area contributed by atoms with Crippen LogP contribution < -0.4 is 16.0 Å². The van der Waals surface area contributed by atoms with Gasteiger partial charge in [0.1, 0.15) is 0 Å². The van der Waals surface area contributed by atoms with Gasteiger partial charge in [0.2, 0.25) is 0 Å². The van der Waals surface area contributed by atoms with E-state index in [-0.39, 0.29) is 11.5 Å². The largest absolute Gasteiger partial charge is 0.389 e. The maximum absolute atomic E-state index is 12.7. The van der Waals surface area contributed by atoms with Gasteiger partial charge >= 0.3 is 6.18 Å². The Bertz CT molecular complexity index is 1080. The second kappa shape index (κ2) is 9.64. The number of carbonyl (C=O) groups is 2. The fourth-order valence-corrected chi connectivity index (χ4v) is 3.67. The number of ketones is 1. The molecule has 0 aromatic heterocycles. The smallest absolute Gasteiger partial charge is 0.356 e. The van der Waals surface area contributed by atoms with E-state index >= 15 is 0 Å². The summed E-state index contributed by atoms with van der Waals surface area (Å²) in [4.78, 5) is 29.1. The summed E-state index contributed by atoms with van der Waals surface area (Å²) in [5.41, 5.74) is 3.16. The van der Waals surface area contributed by atoms with Crippen LogP contribution in [0.3, 0.4) is 0 Å². The molecule has 0 spiro atoms. The van der Waals surface area contributed by atoms with Crippen molar-refractivity contribution < 1.29 is 22.8 Å². The molecule has 2 aromatic rings. The first-order valence-corrected chi connectivity index (χ1v) is 11.0. The van der Waals surface area contributed by atoms with Gasteiger partial charge < -0.3 is 10.6 Å². The minimum atomic E-state index is -4.36. The monoisotopic (exact) mass is 458 g/mol. The third kappa shape index (κ3) is 6.34. The molecular weight excluding hydrogens is 433 g/mol. The van der Waals surface area contributed by atoms with Crippen LogP contribution in [0.4, 0.5) is 24.5 Å². The molecule has 2 aromatic carbocycles. The highest BCUT2D eigenvalue weighted by Gasteiger charge is 2.29. The van der Waals surface area contributed by atoms with Gasteiger partial charge in [-0.25, -0.2) is 0 Å². The molecular formula is C24H25F3N4O2. The lowest BCUT2D eigenvalue weighted by Crippen LogP contribution is -2.43. The number of halogens is 3. The molecule has 4 rings (SSSR count). The molecule has 1 aliphatic heterocycles. The van der Waals surface area contributed by atoms with Crippen LogP contribution in [-0.4, -0.2) is 36.9 Å². The fraction of sp³-hybridized carbons (Fsp3) is 0.375. The van der Waals surface area contributed by atoms with E-state index in [1.165, 1.54) is 6.07 Å². The summed E-state index contributed by atoms with van der Waals surface area (Å²) in [6.07, 6.45) is -3.11. The molecule has 33 heavy (non-hydrogen) atoms. The summed E-state index contributed by atoms with van der Waals surface area (Å²) >= 11 is 0. The number of carbonyl (C=O) groups excluding carboxylic acids is 2. The lowest BCUT2D eigenvalue weighted by molar-refractivity contribution is -0.133. The first-order chi connectivity index (χ1) is 15.8. The summed E-state index contributed by atoms with van der Waals surface area (Å²) in [5, 5.41) is 9.12. The van der Waals surface area contributed by atoms with Crippen molar-refractivity contribution in [3.8, 4) is 0 Å². The highest BCUT2D eigenvalue weighted by atomic mass is 19.4. The van der Waals surface area contributed by atoms with Gasteiger partial charge in [-0.2, -0.15) is 13.2 Å². The molecule has 1 saturated carbocycles. The van der Waals surface area contributed by atoms with Gasteiger partial charge in [-0.1, -0.05) is 12.1 Å². The van der Waals surface area contributed by atoms with Crippen LogP contribution in [0, 0.1) is 0 Å². The Morgan fingerprint density at radius 2 is 1.91 bits per heavy atom. The van der Waals surface area contributed by atoms with Crippen LogP contribution in [0.25, 0.3) is 0 Å². The topological polar surface area (TPSA) is 82.6 Å². The molecule has 1 heterocycles. The van der Waals surface area contributed by atoms with Gasteiger partial charge in [0.05, 0.1) is 6.42 Å². The van der Waals surface area contributed by atoms with Crippen LogP contribution in [-0.2, 0) is 0 Å². The molecule has 2 aliphatic rings. The number of Topliss-reactive ketones (excluding diaryl/α,β-unsaturated/α-hetero) is 1. The van der Waals surface area contributed by atoms with Gasteiger partial charge in [-0.3, -0.25) is 19.9 Å². The number of aliphatic imine (C=N–C) groups is 1. The summed E-state index contributed by atoms with van der Waals surface area (Å²) in [7, 11) is 0. The molecule has 9 heteroatoms. The Balaban J connectivity index is 1.48. The number of hydrogen-bond donors (Lipinski definition) is 3. The molecule has 0 unspecified atom stereocenters. The zero-order chi connectivity index (χ0) is 23.4. The van der Waals surface area contributed by atoms with Crippen molar-refractivity contribution in [3.63, 3.8) is 0 Å². The second-order valence-electron chi connectivity index (χ2n) is 8.29. The lowest BCUT2D eigenvalue weighted by Gasteiger charge is -2.17. The van der Waals surface area contributed by atoms with Crippen molar-refractivity contribution in [2.24, 2.45) is 4.99 Å². The standard InChI is InChI=1S/C24H25F3N4O2/c25-24(26,27)10-9-21(32)16-3-1-4-18(13-16)30-20-8-7-17(14-19(20)15-5-6-15)22(33)31-23-28-11-2-12-29-23/h1,3-4,7-8,13-15,30H,2,5-6,9-12H2,(H2,28,29,31,33). The van der Waals surface area contributed by atoms with E-state index in [1.807, 2.05) is 12.1 Å². The van der Waals surface area contributed by atoms with E-state index in [9.17, 15) is 22.8 Å². The highest BCUT2D eigenvalue weighted by Crippen LogP contribution is 2.44. The third-order valence-electron chi connectivity index (χ3n) is 5.56. The average Bonchev–Trinajstić information content (AvgIpc) is 3.63. The van der Waals surface area contributed by atoms with Crippen LogP contribution in [0.1, 0.15) is 64.3 Å². The molecule has 174 valence electrons. The number of nitrogens with zero attached hydrogens (tertiary/aromatic N) is 1. The molecule has 1 aliphatic carbocycles. The Hall–Kier alpha value is -3.36. The van der Waals surface area contributed by atoms with Crippen molar-refractivity contribution in [2.45, 2.75) is 44.2 Å². The Labute approximate surface area is 189 Å². The zero-order valence-electron chi connectivity index (χ0n) is 18.0. The van der Waals surface area contributed by atoms with Crippen molar-refractivity contribution >= 4 is 29.0 Å². The van der Waals surface area contributed by atoms with Gasteiger partial charge in [0, 0.05) is 42.0 Å². The predicted octanol–water partition coefficient (Wildman–Crippen LogP) is 4.91. The summed E-state index contributed by atoms with van der Waals surface area (Å²) in [5.74, 6) is 0.0222. The SMILES string of the molecule is O=C(CCC(F)(F)F)c1cccc(Nc2ccc(C(=O)NC3=NCCCN3)cc2C2CC2)c1. The van der Waals surface area contributed by atoms with E-state index in [4.69, 9.17) is 0 Å². The number of alkyl halides is 3. The van der Waals surface area contributed by atoms with Gasteiger partial charge in [0.15, 0.2) is 11.7 Å². The number of benzene rings is 2. The van der Waals surface area contributed by atoms with E-state index in [0.717, 1.165) is 37.1 Å². The highest BCUT2D eigenvalue weighted by molar-refractivity contribution is 6.06. The Morgan fingerprint density at radius 3 is 2.61 bits per heavy atom. The molecule has 0 bridgehead atoms. The van der Waals surface area contributed by atoms with Crippen LogP contribution in [0.15, 0.2) is 47.5 Å². The van der Waals surface area contributed by atoms with Crippen molar-refractivity contribution in [2.75, 3.05) is 18.4 Å². The third-order valence-corrected chi connectivity index (χ3v) is 5.56. The number of guanidine groups is 1. The summed E-state index contributed by atoms with van der Waals surface area (Å²) < 4.78 is 37.3. The van der Waals surface area contributed by atoms with Crippen molar-refractivity contribution in [1.29, 1.82) is 0 Å². The normalized spacial score (nSPS) is 15.9. The van der Waals surface area contributed by atoms with Crippen LogP contribution in [0.2, 0.25) is 0 Å². The Kier molecular flexibility index (Phi) is 6.67. The maximum atomic E-state index is 12.7. The molecule has 3 N–H and O–H groups in total. The van der Waals surface area contributed by atoms with Crippen LogP contribution >= 0.6 is 0 Å². The predicted molar refractivity (Wildman–Crippen MR) is 120 cm³/mol. The number of rotatable bonds is 7. The lowest BCUT2D eigenvalue weighted by atomic mass is 10.0. The van der Waals surface area contributed by atoms with Crippen molar-refractivity contribution in [1.82, 2.24) is 10.6 Å². The second-order valence-corrected chi connectivity index (χ2v) is 8.29. The number of anilines is 2. The van der Waals surface area contributed by atoms with Gasteiger partial charge in [-0.05, 0) is 61.1 Å². The molecule has 6 nitrogen and oxygen atoms in total. The molecule has 0 saturated heterocycles. The summed E-state index contributed by atoms with van der Waals surface area (Å²) in [6.45, 7) is 1.45. The van der Waals surface area contributed by atoms with Crippen LogP contribution in [0.5, 0.6) is 0 Å². The van der Waals surface area contributed by atoms with Gasteiger partial charge in [0.25, 0.3) is 5.91 Å². The maximum Gasteiger partial charge on any atom is 0.389 e. The van der Waals surface area contributed by atoms with E-state index < -0.39 is 24.8 Å². The molecule has 0 radical (unpaired) electrons. The molecule has 1 fully saturated rings. The number of hydrogen-bond acceptors (Lipinski definition) is 5. The average molecular weight is 458 g/mol. The first kappa shape index (κ1) is 22.8. The van der Waals surface area contributed by atoms with Crippen molar-refractivity contribution in [3.05, 3.63) is 59.2 Å². The van der Waals surface area contributed by atoms with E-state index in [1.54, 1.807) is 24.3 Å². The molecule has 0 atom stereocenters. The van der Waals surface area contributed by atoms with E-state index in [0.29, 0.717) is 29.7 Å². The summed E-state index contributed by atoms with van der Waals surface area (Å²) in [6, 6.07) is 11.9. The minimum Gasteiger partial charge on any atom is -0.356 e. The fourth-order valence-electron chi connectivity index (χ4n) is 3.67. The first-order valence-electron chi connectivity index (χ1n) is 11.0.